The molecule has 2 aliphatic rings. The summed E-state index contributed by atoms with van der Waals surface area (Å²) in [5, 5.41) is 2.86. The predicted molar refractivity (Wildman–Crippen MR) is 81.9 cm³/mol. The van der Waals surface area contributed by atoms with Crippen molar-refractivity contribution in [3.8, 4) is 0 Å². The number of hydrogen-bond donors (Lipinski definition) is 1. The highest BCUT2D eigenvalue weighted by Gasteiger charge is 2.38. The molecule has 0 aromatic rings. The molecule has 1 heterocycles. The molecule has 1 saturated carbocycles. The average molecular weight is 323 g/mol. The summed E-state index contributed by atoms with van der Waals surface area (Å²) in [5.74, 6) is 1.64. The minimum absolute atomic E-state index is 0.104. The summed E-state index contributed by atoms with van der Waals surface area (Å²) in [5.41, 5.74) is 0. The molecule has 0 bridgehead atoms. The van der Waals surface area contributed by atoms with Crippen molar-refractivity contribution < 1.29 is 13.2 Å². The molecule has 1 N–H and O–H groups in total. The van der Waals surface area contributed by atoms with E-state index in [-0.39, 0.29) is 11.3 Å². The molecular weight excluding hydrogens is 299 g/mol. The monoisotopic (exact) mass is 323 g/mol. The van der Waals surface area contributed by atoms with Crippen LogP contribution in [0.25, 0.3) is 0 Å². The highest BCUT2D eigenvalue weighted by Crippen LogP contribution is 2.42. The van der Waals surface area contributed by atoms with Crippen LogP contribution in [0.15, 0.2) is 4.99 Å². The SMILES string of the molecule is CN=C(NCCC(F)(F)F)N1CCSC2(CCCCC2)C1. The van der Waals surface area contributed by atoms with Gasteiger partial charge in [-0.2, -0.15) is 24.9 Å². The van der Waals surface area contributed by atoms with Crippen LogP contribution in [0.3, 0.4) is 0 Å². The Morgan fingerprint density at radius 1 is 1.29 bits per heavy atom. The fourth-order valence-corrected chi connectivity index (χ4v) is 4.74. The molecule has 2 fully saturated rings. The number of nitrogens with one attached hydrogen (secondary N) is 1. The van der Waals surface area contributed by atoms with Gasteiger partial charge in [0, 0.05) is 37.2 Å². The Kier molecular flexibility index (Phi) is 5.68. The number of thioether (sulfide) groups is 1. The lowest BCUT2D eigenvalue weighted by Crippen LogP contribution is -2.53. The van der Waals surface area contributed by atoms with Gasteiger partial charge in [-0.1, -0.05) is 19.3 Å². The van der Waals surface area contributed by atoms with E-state index in [1.165, 1.54) is 32.1 Å². The first-order valence-corrected chi connectivity index (χ1v) is 8.59. The van der Waals surface area contributed by atoms with Crippen LogP contribution in [0, 0.1) is 0 Å². The van der Waals surface area contributed by atoms with Crippen molar-refractivity contribution in [2.24, 2.45) is 4.99 Å². The van der Waals surface area contributed by atoms with E-state index >= 15 is 0 Å². The Morgan fingerprint density at radius 3 is 2.62 bits per heavy atom. The van der Waals surface area contributed by atoms with Gasteiger partial charge in [0.25, 0.3) is 0 Å². The summed E-state index contributed by atoms with van der Waals surface area (Å²) in [6.07, 6.45) is 1.33. The fraction of sp³-hybridized carbons (Fsp3) is 0.929. The van der Waals surface area contributed by atoms with Crippen LogP contribution < -0.4 is 5.32 Å². The summed E-state index contributed by atoms with van der Waals surface area (Å²) >= 11 is 2.04. The molecule has 2 rings (SSSR count). The lowest BCUT2D eigenvalue weighted by Gasteiger charge is -2.45. The maximum atomic E-state index is 12.2. The third kappa shape index (κ3) is 4.97. The quantitative estimate of drug-likeness (QED) is 0.624. The molecule has 3 nitrogen and oxygen atoms in total. The third-order valence-electron chi connectivity index (χ3n) is 4.22. The van der Waals surface area contributed by atoms with Crippen LogP contribution in [-0.4, -0.2) is 54.2 Å². The largest absolute Gasteiger partial charge is 0.390 e. The van der Waals surface area contributed by atoms with Crippen molar-refractivity contribution in [1.29, 1.82) is 0 Å². The second kappa shape index (κ2) is 7.11. The summed E-state index contributed by atoms with van der Waals surface area (Å²) in [6.45, 7) is 1.66. The first kappa shape index (κ1) is 16.8. The van der Waals surface area contributed by atoms with Crippen LogP contribution in [0.1, 0.15) is 38.5 Å². The Bertz CT molecular complexity index is 359. The van der Waals surface area contributed by atoms with Gasteiger partial charge in [-0.05, 0) is 12.8 Å². The normalized spacial score (nSPS) is 23.4. The van der Waals surface area contributed by atoms with Crippen LogP contribution in [-0.2, 0) is 0 Å². The summed E-state index contributed by atoms with van der Waals surface area (Å²) in [4.78, 5) is 6.30. The first-order valence-electron chi connectivity index (χ1n) is 7.60. The molecular formula is C14H24F3N3S. The first-order chi connectivity index (χ1) is 9.94. The van der Waals surface area contributed by atoms with Crippen molar-refractivity contribution in [3.63, 3.8) is 0 Å². The van der Waals surface area contributed by atoms with E-state index in [4.69, 9.17) is 0 Å². The van der Waals surface area contributed by atoms with Crippen LogP contribution in [0.4, 0.5) is 13.2 Å². The van der Waals surface area contributed by atoms with E-state index in [1.807, 2.05) is 11.8 Å². The Morgan fingerprint density at radius 2 is 2.00 bits per heavy atom. The van der Waals surface area contributed by atoms with Gasteiger partial charge in [0.05, 0.1) is 6.42 Å². The molecule has 0 radical (unpaired) electrons. The molecule has 7 heteroatoms. The number of nitrogens with zero attached hydrogens (tertiary/aromatic N) is 2. The van der Waals surface area contributed by atoms with Gasteiger partial charge in [-0.15, -0.1) is 0 Å². The van der Waals surface area contributed by atoms with Crippen molar-refractivity contribution in [3.05, 3.63) is 0 Å². The van der Waals surface area contributed by atoms with E-state index < -0.39 is 12.6 Å². The van der Waals surface area contributed by atoms with Gasteiger partial charge in [0.15, 0.2) is 5.96 Å². The molecule has 1 aliphatic carbocycles. The fourth-order valence-electron chi connectivity index (χ4n) is 3.17. The van der Waals surface area contributed by atoms with Crippen molar-refractivity contribution in [2.75, 3.05) is 32.4 Å². The van der Waals surface area contributed by atoms with Gasteiger partial charge < -0.3 is 10.2 Å². The van der Waals surface area contributed by atoms with Crippen LogP contribution in [0.5, 0.6) is 0 Å². The molecule has 0 aromatic heterocycles. The Labute approximate surface area is 128 Å². The van der Waals surface area contributed by atoms with E-state index in [1.54, 1.807) is 7.05 Å². The lowest BCUT2D eigenvalue weighted by atomic mass is 9.87. The number of alkyl halides is 3. The molecule has 0 aromatic carbocycles. The average Bonchev–Trinajstić information content (AvgIpc) is 2.43. The maximum Gasteiger partial charge on any atom is 0.390 e. The van der Waals surface area contributed by atoms with Gasteiger partial charge in [-0.25, -0.2) is 0 Å². The van der Waals surface area contributed by atoms with Gasteiger partial charge in [0.1, 0.15) is 0 Å². The molecule has 0 amide bonds. The zero-order valence-electron chi connectivity index (χ0n) is 12.5. The van der Waals surface area contributed by atoms with Crippen LogP contribution >= 0.6 is 11.8 Å². The van der Waals surface area contributed by atoms with Gasteiger partial charge in [-0.3, -0.25) is 4.99 Å². The number of halogens is 3. The van der Waals surface area contributed by atoms with Crippen molar-refractivity contribution in [2.45, 2.75) is 49.4 Å². The molecule has 0 unspecified atom stereocenters. The molecule has 1 spiro atoms. The number of hydrogen-bond acceptors (Lipinski definition) is 2. The van der Waals surface area contributed by atoms with Crippen LogP contribution in [0.2, 0.25) is 0 Å². The van der Waals surface area contributed by atoms with E-state index in [0.717, 1.165) is 18.8 Å². The molecule has 122 valence electrons. The Hall–Kier alpha value is -0.590. The van der Waals surface area contributed by atoms with Gasteiger partial charge >= 0.3 is 6.18 Å². The minimum atomic E-state index is -4.12. The number of rotatable bonds is 2. The number of guanidine groups is 1. The van der Waals surface area contributed by atoms with Gasteiger partial charge in [0.2, 0.25) is 0 Å². The minimum Gasteiger partial charge on any atom is -0.356 e. The molecule has 21 heavy (non-hydrogen) atoms. The second-order valence-corrected chi connectivity index (χ2v) is 7.42. The van der Waals surface area contributed by atoms with Crippen molar-refractivity contribution in [1.82, 2.24) is 10.2 Å². The summed E-state index contributed by atoms with van der Waals surface area (Å²) in [7, 11) is 1.64. The third-order valence-corrected chi connectivity index (χ3v) is 5.75. The highest BCUT2D eigenvalue weighted by molar-refractivity contribution is 8.00. The zero-order chi connectivity index (χ0) is 15.3. The standard InChI is InChI=1S/C14H24F3N3S/c1-18-12(19-8-7-14(15,16)17)20-9-10-21-13(11-20)5-3-2-4-6-13/h2-11H2,1H3,(H,18,19). The predicted octanol–water partition coefficient (Wildman–Crippen LogP) is 3.27. The number of aliphatic imine (C=N–C) groups is 1. The molecule has 1 saturated heterocycles. The molecule has 0 atom stereocenters. The summed E-state index contributed by atoms with van der Waals surface area (Å²) in [6, 6.07) is 0. The van der Waals surface area contributed by atoms with E-state index in [9.17, 15) is 13.2 Å². The topological polar surface area (TPSA) is 27.6 Å². The lowest BCUT2D eigenvalue weighted by molar-refractivity contribution is -0.132. The maximum absolute atomic E-state index is 12.2. The summed E-state index contributed by atoms with van der Waals surface area (Å²) < 4.78 is 37.0. The zero-order valence-corrected chi connectivity index (χ0v) is 13.3. The smallest absolute Gasteiger partial charge is 0.356 e. The van der Waals surface area contributed by atoms with E-state index in [2.05, 4.69) is 15.2 Å². The van der Waals surface area contributed by atoms with Crippen molar-refractivity contribution >= 4 is 17.7 Å². The Balaban J connectivity index is 1.89. The molecule has 1 aliphatic heterocycles. The highest BCUT2D eigenvalue weighted by atomic mass is 32.2. The van der Waals surface area contributed by atoms with E-state index in [0.29, 0.717) is 5.96 Å². The second-order valence-electron chi connectivity index (χ2n) is 5.85.